The summed E-state index contributed by atoms with van der Waals surface area (Å²) in [5, 5.41) is 13.6. The molecular weight excluding hydrogens is 197 g/mol. The first-order valence-electron chi connectivity index (χ1n) is 4.42. The van der Waals surface area contributed by atoms with Gasteiger partial charge in [0.15, 0.2) is 0 Å². The molecule has 0 saturated heterocycles. The SMILES string of the molecule is CCNC(=O)Nc1cccc(F)c1C#N. The lowest BCUT2D eigenvalue weighted by molar-refractivity contribution is 0.252. The highest BCUT2D eigenvalue weighted by Gasteiger charge is 2.09. The van der Waals surface area contributed by atoms with Crippen molar-refractivity contribution in [2.75, 3.05) is 11.9 Å². The lowest BCUT2D eigenvalue weighted by Gasteiger charge is -2.07. The first kappa shape index (κ1) is 11.0. The summed E-state index contributed by atoms with van der Waals surface area (Å²) in [5.74, 6) is -0.646. The predicted molar refractivity (Wildman–Crippen MR) is 53.8 cm³/mol. The third-order valence-corrected chi connectivity index (χ3v) is 1.71. The van der Waals surface area contributed by atoms with Crippen molar-refractivity contribution in [3.8, 4) is 6.07 Å². The van der Waals surface area contributed by atoms with Crippen LogP contribution in [0.4, 0.5) is 14.9 Å². The molecule has 1 aromatic rings. The molecule has 0 saturated carbocycles. The number of hydrogen-bond acceptors (Lipinski definition) is 2. The molecule has 2 amide bonds. The molecule has 0 atom stereocenters. The normalized spacial score (nSPS) is 9.13. The second-order valence-corrected chi connectivity index (χ2v) is 2.76. The number of hydrogen-bond donors (Lipinski definition) is 2. The minimum Gasteiger partial charge on any atom is -0.338 e. The Kier molecular flexibility index (Phi) is 3.63. The average molecular weight is 207 g/mol. The monoisotopic (exact) mass is 207 g/mol. The Labute approximate surface area is 86.7 Å². The van der Waals surface area contributed by atoms with Gasteiger partial charge in [0.25, 0.3) is 0 Å². The van der Waals surface area contributed by atoms with Crippen molar-refractivity contribution in [1.29, 1.82) is 5.26 Å². The number of carbonyl (C=O) groups is 1. The highest BCUT2D eigenvalue weighted by molar-refractivity contribution is 5.90. The second kappa shape index (κ2) is 4.96. The van der Waals surface area contributed by atoms with Gasteiger partial charge in [-0.3, -0.25) is 0 Å². The first-order valence-corrected chi connectivity index (χ1v) is 4.42. The van der Waals surface area contributed by atoms with Crippen molar-refractivity contribution >= 4 is 11.7 Å². The molecule has 0 aromatic heterocycles. The number of anilines is 1. The molecule has 0 spiro atoms. The van der Waals surface area contributed by atoms with Gasteiger partial charge in [-0.05, 0) is 19.1 Å². The highest BCUT2D eigenvalue weighted by atomic mass is 19.1. The third-order valence-electron chi connectivity index (χ3n) is 1.71. The molecule has 0 aliphatic heterocycles. The number of nitrogens with one attached hydrogen (secondary N) is 2. The van der Waals surface area contributed by atoms with Crippen LogP contribution in [0, 0.1) is 17.1 Å². The van der Waals surface area contributed by atoms with Crippen LogP contribution in [0.3, 0.4) is 0 Å². The Morgan fingerprint density at radius 3 is 2.93 bits per heavy atom. The summed E-state index contributed by atoms with van der Waals surface area (Å²) in [4.78, 5) is 11.1. The van der Waals surface area contributed by atoms with Crippen LogP contribution < -0.4 is 10.6 Å². The summed E-state index contributed by atoms with van der Waals surface area (Å²) in [6, 6.07) is 5.30. The van der Waals surface area contributed by atoms with Gasteiger partial charge in [0.2, 0.25) is 0 Å². The van der Waals surface area contributed by atoms with Crippen LogP contribution in [0.5, 0.6) is 0 Å². The van der Waals surface area contributed by atoms with E-state index in [9.17, 15) is 9.18 Å². The molecule has 78 valence electrons. The van der Waals surface area contributed by atoms with E-state index < -0.39 is 11.8 Å². The van der Waals surface area contributed by atoms with Gasteiger partial charge < -0.3 is 10.6 Å². The zero-order valence-corrected chi connectivity index (χ0v) is 8.17. The van der Waals surface area contributed by atoms with Gasteiger partial charge in [-0.15, -0.1) is 0 Å². The Bertz CT molecular complexity index is 412. The molecular formula is C10H10FN3O. The highest BCUT2D eigenvalue weighted by Crippen LogP contribution is 2.17. The molecule has 2 N–H and O–H groups in total. The minimum absolute atomic E-state index is 0.163. The quantitative estimate of drug-likeness (QED) is 0.777. The number of carbonyl (C=O) groups excluding carboxylic acids is 1. The van der Waals surface area contributed by atoms with Crippen LogP contribution in [0.25, 0.3) is 0 Å². The standard InChI is InChI=1S/C10H10FN3O/c1-2-13-10(15)14-9-5-3-4-8(11)7(9)6-12/h3-5H,2H2,1H3,(H2,13,14,15). The maximum atomic E-state index is 13.1. The zero-order valence-electron chi connectivity index (χ0n) is 8.17. The van der Waals surface area contributed by atoms with Gasteiger partial charge in [-0.1, -0.05) is 6.07 Å². The fourth-order valence-electron chi connectivity index (χ4n) is 1.07. The van der Waals surface area contributed by atoms with Crippen molar-refractivity contribution in [1.82, 2.24) is 5.32 Å². The van der Waals surface area contributed by atoms with Gasteiger partial charge >= 0.3 is 6.03 Å². The Balaban J connectivity index is 2.91. The van der Waals surface area contributed by atoms with E-state index in [0.717, 1.165) is 0 Å². The van der Waals surface area contributed by atoms with E-state index >= 15 is 0 Å². The number of nitrogens with zero attached hydrogens (tertiary/aromatic N) is 1. The van der Waals surface area contributed by atoms with Crippen molar-refractivity contribution < 1.29 is 9.18 Å². The van der Waals surface area contributed by atoms with E-state index in [1.807, 2.05) is 0 Å². The molecule has 0 aliphatic carbocycles. The van der Waals surface area contributed by atoms with Crippen molar-refractivity contribution in [3.63, 3.8) is 0 Å². The summed E-state index contributed by atoms with van der Waals surface area (Å²) >= 11 is 0. The Morgan fingerprint density at radius 1 is 1.60 bits per heavy atom. The Morgan fingerprint density at radius 2 is 2.33 bits per heavy atom. The van der Waals surface area contributed by atoms with Gasteiger partial charge in [0.05, 0.1) is 5.69 Å². The van der Waals surface area contributed by atoms with Crippen LogP contribution in [0.1, 0.15) is 12.5 Å². The molecule has 0 radical (unpaired) electrons. The van der Waals surface area contributed by atoms with Gasteiger partial charge in [0, 0.05) is 6.54 Å². The molecule has 0 aliphatic rings. The summed E-state index contributed by atoms with van der Waals surface area (Å²) in [5.41, 5.74) is 0.00667. The van der Waals surface area contributed by atoms with E-state index in [0.29, 0.717) is 6.54 Å². The molecule has 1 aromatic carbocycles. The predicted octanol–water partition coefficient (Wildman–Crippen LogP) is 1.84. The number of halogens is 1. The molecule has 15 heavy (non-hydrogen) atoms. The zero-order chi connectivity index (χ0) is 11.3. The van der Waals surface area contributed by atoms with Gasteiger partial charge in [0.1, 0.15) is 17.4 Å². The lowest BCUT2D eigenvalue weighted by Crippen LogP contribution is -2.28. The van der Waals surface area contributed by atoms with Crippen molar-refractivity contribution in [2.24, 2.45) is 0 Å². The molecule has 0 fully saturated rings. The van der Waals surface area contributed by atoms with Crippen LogP contribution in [0.15, 0.2) is 18.2 Å². The third kappa shape index (κ3) is 2.68. The van der Waals surface area contributed by atoms with Crippen LogP contribution in [-0.4, -0.2) is 12.6 Å². The lowest BCUT2D eigenvalue weighted by atomic mass is 10.2. The average Bonchev–Trinajstić information content (AvgIpc) is 2.18. The van der Waals surface area contributed by atoms with E-state index in [2.05, 4.69) is 10.6 Å². The summed E-state index contributed by atoms with van der Waals surface area (Å²) in [7, 11) is 0. The van der Waals surface area contributed by atoms with Crippen LogP contribution >= 0.6 is 0 Å². The molecule has 0 heterocycles. The molecule has 0 bridgehead atoms. The molecule has 5 heteroatoms. The van der Waals surface area contributed by atoms with Gasteiger partial charge in [-0.25, -0.2) is 9.18 Å². The number of amides is 2. The number of benzene rings is 1. The number of nitriles is 1. The maximum Gasteiger partial charge on any atom is 0.319 e. The van der Waals surface area contributed by atoms with Crippen LogP contribution in [-0.2, 0) is 0 Å². The van der Waals surface area contributed by atoms with E-state index in [4.69, 9.17) is 5.26 Å². The summed E-state index contributed by atoms with van der Waals surface area (Å²) < 4.78 is 13.1. The maximum absolute atomic E-state index is 13.1. The summed E-state index contributed by atoms with van der Waals surface area (Å²) in [6.07, 6.45) is 0. The fourth-order valence-corrected chi connectivity index (χ4v) is 1.07. The van der Waals surface area contributed by atoms with Gasteiger partial charge in [-0.2, -0.15) is 5.26 Å². The van der Waals surface area contributed by atoms with Crippen molar-refractivity contribution in [2.45, 2.75) is 6.92 Å². The first-order chi connectivity index (χ1) is 7.19. The smallest absolute Gasteiger partial charge is 0.319 e. The molecule has 0 unspecified atom stereocenters. The van der Waals surface area contributed by atoms with Crippen LogP contribution in [0.2, 0.25) is 0 Å². The minimum atomic E-state index is -0.646. The fraction of sp³-hybridized carbons (Fsp3) is 0.200. The molecule has 4 nitrogen and oxygen atoms in total. The largest absolute Gasteiger partial charge is 0.338 e. The number of urea groups is 1. The second-order valence-electron chi connectivity index (χ2n) is 2.76. The Hall–Kier alpha value is -2.09. The summed E-state index contributed by atoms with van der Waals surface area (Å²) in [6.45, 7) is 2.22. The number of rotatable bonds is 2. The van der Waals surface area contributed by atoms with E-state index in [1.54, 1.807) is 13.0 Å². The van der Waals surface area contributed by atoms with E-state index in [1.165, 1.54) is 18.2 Å². The van der Waals surface area contributed by atoms with E-state index in [-0.39, 0.29) is 11.3 Å². The van der Waals surface area contributed by atoms with Crippen molar-refractivity contribution in [3.05, 3.63) is 29.6 Å². The topological polar surface area (TPSA) is 64.9 Å². The molecule has 1 rings (SSSR count).